The lowest BCUT2D eigenvalue weighted by Gasteiger charge is -2.00. The number of fused-ring (bicyclic) bond motifs is 3. The van der Waals surface area contributed by atoms with Gasteiger partial charge in [0.05, 0.1) is 11.0 Å². The average Bonchev–Trinajstić information content (AvgIpc) is 3.14. The second-order valence-electron chi connectivity index (χ2n) is 5.50. The topological polar surface area (TPSA) is 72.4 Å². The van der Waals surface area contributed by atoms with Crippen molar-refractivity contribution < 1.29 is 9.90 Å². The molecule has 6 nitrogen and oxygen atoms in total. The predicted molar refractivity (Wildman–Crippen MR) is 97.1 cm³/mol. The molecule has 0 unspecified atom stereocenters. The Labute approximate surface area is 152 Å². The lowest BCUT2D eigenvalue weighted by Crippen LogP contribution is -2.08. The molecule has 0 fully saturated rings. The van der Waals surface area contributed by atoms with Crippen LogP contribution >= 0.6 is 23.4 Å². The lowest BCUT2D eigenvalue weighted by atomic mass is 10.2. The second kappa shape index (κ2) is 6.42. The zero-order valence-electron chi connectivity index (χ0n) is 13.0. The van der Waals surface area contributed by atoms with Crippen LogP contribution in [0, 0.1) is 0 Å². The Bertz CT molecular complexity index is 1070. The van der Waals surface area contributed by atoms with Crippen LogP contribution in [0.5, 0.6) is 0 Å². The van der Waals surface area contributed by atoms with Crippen LogP contribution in [0.15, 0.2) is 53.7 Å². The van der Waals surface area contributed by atoms with Crippen LogP contribution in [0.1, 0.15) is 5.56 Å². The van der Waals surface area contributed by atoms with Crippen molar-refractivity contribution in [1.82, 2.24) is 19.2 Å². The number of hydrogen-bond donors (Lipinski definition) is 1. The van der Waals surface area contributed by atoms with Crippen molar-refractivity contribution in [3.05, 3.63) is 59.1 Å². The normalized spacial score (nSPS) is 11.4. The van der Waals surface area contributed by atoms with Crippen LogP contribution in [-0.2, 0) is 17.1 Å². The summed E-state index contributed by atoms with van der Waals surface area (Å²) in [7, 11) is 0. The van der Waals surface area contributed by atoms with Crippen molar-refractivity contribution in [1.29, 1.82) is 0 Å². The van der Waals surface area contributed by atoms with E-state index in [1.807, 2.05) is 52.9 Å². The number of thioether (sulfide) groups is 1. The molecule has 0 atom stereocenters. The molecule has 2 aromatic heterocycles. The van der Waals surface area contributed by atoms with Gasteiger partial charge in [-0.3, -0.25) is 13.8 Å². The molecule has 0 aliphatic rings. The maximum absolute atomic E-state index is 11.2. The van der Waals surface area contributed by atoms with Crippen molar-refractivity contribution in [2.24, 2.45) is 0 Å². The first-order valence-electron chi connectivity index (χ1n) is 7.55. The van der Waals surface area contributed by atoms with E-state index in [9.17, 15) is 9.90 Å². The van der Waals surface area contributed by atoms with Gasteiger partial charge in [0, 0.05) is 10.8 Å². The molecule has 0 saturated heterocycles. The number of hydrogen-bond acceptors (Lipinski definition) is 4. The number of rotatable bonds is 5. The summed E-state index contributed by atoms with van der Waals surface area (Å²) in [6.07, 6.45) is 0. The van der Waals surface area contributed by atoms with Crippen molar-refractivity contribution in [3.8, 4) is 0 Å². The Hall–Kier alpha value is -2.51. The van der Waals surface area contributed by atoms with Gasteiger partial charge in [-0.1, -0.05) is 47.6 Å². The number of carboxylic acids is 1. The van der Waals surface area contributed by atoms with Gasteiger partial charge in [0.2, 0.25) is 5.78 Å². The number of halogens is 1. The number of benzene rings is 2. The number of para-hydroxylation sites is 2. The molecule has 2 aromatic carbocycles. The molecule has 0 spiro atoms. The second-order valence-corrected chi connectivity index (χ2v) is 6.88. The lowest BCUT2D eigenvalue weighted by molar-refractivity contribution is -0.137. The summed E-state index contributed by atoms with van der Waals surface area (Å²) in [5, 5.41) is 19.1. The number of carbonyl (C=O) groups is 1. The highest BCUT2D eigenvalue weighted by Gasteiger charge is 2.18. The standard InChI is InChI=1S/C17H13ClN4O2S/c18-12-7-5-11(6-8-12)10-25-17-20-19-16-21(9-15(23)24)13-3-1-2-4-14(13)22(16)17/h1-8H,9-10H2,(H,23,24). The van der Waals surface area contributed by atoms with Gasteiger partial charge in [0.1, 0.15) is 6.54 Å². The van der Waals surface area contributed by atoms with Crippen molar-refractivity contribution in [2.75, 3.05) is 0 Å². The van der Waals surface area contributed by atoms with E-state index >= 15 is 0 Å². The SMILES string of the molecule is O=C(O)Cn1c2ccccc2n2c(SCc3ccc(Cl)cc3)nnc12. The molecular formula is C17H13ClN4O2S. The molecule has 4 aromatic rings. The van der Waals surface area contributed by atoms with E-state index in [-0.39, 0.29) is 6.54 Å². The van der Waals surface area contributed by atoms with Gasteiger partial charge in [-0.25, -0.2) is 0 Å². The predicted octanol–water partition coefficient (Wildman–Crippen LogP) is 3.71. The number of aliphatic carboxylic acids is 1. The quantitative estimate of drug-likeness (QED) is 0.540. The van der Waals surface area contributed by atoms with Gasteiger partial charge in [0.15, 0.2) is 5.16 Å². The summed E-state index contributed by atoms with van der Waals surface area (Å²) < 4.78 is 3.57. The van der Waals surface area contributed by atoms with Crippen LogP contribution in [-0.4, -0.2) is 30.2 Å². The molecule has 0 aliphatic carbocycles. The number of nitrogens with zero attached hydrogens (tertiary/aromatic N) is 4. The molecule has 2 heterocycles. The molecule has 25 heavy (non-hydrogen) atoms. The summed E-state index contributed by atoms with van der Waals surface area (Å²) in [5.74, 6) is 0.333. The summed E-state index contributed by atoms with van der Waals surface area (Å²) in [6, 6.07) is 15.3. The Morgan fingerprint density at radius 2 is 1.80 bits per heavy atom. The minimum absolute atomic E-state index is 0.156. The first kappa shape index (κ1) is 16.0. The zero-order valence-corrected chi connectivity index (χ0v) is 14.5. The minimum Gasteiger partial charge on any atom is -0.480 e. The summed E-state index contributed by atoms with van der Waals surface area (Å²) in [6.45, 7) is -0.156. The third kappa shape index (κ3) is 2.96. The van der Waals surface area contributed by atoms with E-state index in [2.05, 4.69) is 10.2 Å². The van der Waals surface area contributed by atoms with Crippen LogP contribution < -0.4 is 0 Å². The first-order chi connectivity index (χ1) is 12.1. The number of imidazole rings is 1. The number of aromatic nitrogens is 4. The largest absolute Gasteiger partial charge is 0.480 e. The van der Waals surface area contributed by atoms with Gasteiger partial charge >= 0.3 is 5.97 Å². The van der Waals surface area contributed by atoms with Crippen molar-refractivity contribution in [2.45, 2.75) is 17.5 Å². The summed E-state index contributed by atoms with van der Waals surface area (Å²) >= 11 is 7.46. The fourth-order valence-corrected chi connectivity index (χ4v) is 3.77. The van der Waals surface area contributed by atoms with Crippen molar-refractivity contribution in [3.63, 3.8) is 0 Å². The summed E-state index contributed by atoms with van der Waals surface area (Å²) in [5.41, 5.74) is 2.84. The van der Waals surface area contributed by atoms with E-state index in [0.29, 0.717) is 10.8 Å². The Morgan fingerprint density at radius 1 is 1.08 bits per heavy atom. The molecule has 0 aliphatic heterocycles. The molecule has 0 bridgehead atoms. The van der Waals surface area contributed by atoms with E-state index in [0.717, 1.165) is 27.5 Å². The van der Waals surface area contributed by atoms with E-state index < -0.39 is 5.97 Å². The first-order valence-corrected chi connectivity index (χ1v) is 8.91. The Morgan fingerprint density at radius 3 is 2.52 bits per heavy atom. The van der Waals surface area contributed by atoms with Gasteiger partial charge in [0.25, 0.3) is 0 Å². The van der Waals surface area contributed by atoms with Crippen LogP contribution in [0.2, 0.25) is 5.02 Å². The minimum atomic E-state index is -0.915. The highest BCUT2D eigenvalue weighted by atomic mass is 35.5. The Kier molecular flexibility index (Phi) is 4.10. The summed E-state index contributed by atoms with van der Waals surface area (Å²) in [4.78, 5) is 11.2. The third-order valence-corrected chi connectivity index (χ3v) is 5.10. The smallest absolute Gasteiger partial charge is 0.323 e. The monoisotopic (exact) mass is 372 g/mol. The average molecular weight is 373 g/mol. The molecule has 1 N–H and O–H groups in total. The maximum atomic E-state index is 11.2. The van der Waals surface area contributed by atoms with Gasteiger partial charge in [-0.15, -0.1) is 10.2 Å². The Balaban J connectivity index is 1.75. The maximum Gasteiger partial charge on any atom is 0.323 e. The van der Waals surface area contributed by atoms with Gasteiger partial charge in [-0.05, 0) is 29.8 Å². The molecule has 8 heteroatoms. The number of carboxylic acid groups (broad SMARTS) is 1. The highest BCUT2D eigenvalue weighted by molar-refractivity contribution is 7.98. The van der Waals surface area contributed by atoms with Gasteiger partial charge < -0.3 is 5.11 Å². The molecule has 0 radical (unpaired) electrons. The van der Waals surface area contributed by atoms with E-state index in [1.165, 1.54) is 0 Å². The van der Waals surface area contributed by atoms with E-state index in [1.54, 1.807) is 16.3 Å². The van der Waals surface area contributed by atoms with E-state index in [4.69, 9.17) is 11.6 Å². The molecule has 126 valence electrons. The van der Waals surface area contributed by atoms with Crippen molar-refractivity contribution >= 4 is 46.1 Å². The van der Waals surface area contributed by atoms with Crippen LogP contribution in [0.25, 0.3) is 16.8 Å². The molecule has 0 saturated carbocycles. The highest BCUT2D eigenvalue weighted by Crippen LogP contribution is 2.28. The van der Waals surface area contributed by atoms with Crippen LogP contribution in [0.4, 0.5) is 0 Å². The molecular weight excluding hydrogens is 360 g/mol. The fraction of sp³-hybridized carbons (Fsp3) is 0.118. The van der Waals surface area contributed by atoms with Gasteiger partial charge in [-0.2, -0.15) is 0 Å². The van der Waals surface area contributed by atoms with Crippen LogP contribution in [0.3, 0.4) is 0 Å². The third-order valence-electron chi connectivity index (χ3n) is 3.85. The fourth-order valence-electron chi connectivity index (χ4n) is 2.75. The zero-order chi connectivity index (χ0) is 17.4. The molecule has 4 rings (SSSR count). The molecule has 0 amide bonds.